The third kappa shape index (κ3) is 2.32. The van der Waals surface area contributed by atoms with Crippen LogP contribution in [0.5, 0.6) is 0 Å². The molecule has 0 spiro atoms. The molecule has 6 nitrogen and oxygen atoms in total. The summed E-state index contributed by atoms with van der Waals surface area (Å²) in [6.45, 7) is 3.53. The standard InChI is InChI=1S/C18H17NO5S2/c1-18(2)14(17(23)24)19-15(22)10(16(19)26-18)11(20)12(21)13-9-6-4-3-5-8(9)7-25-13/h3-7,10-11,14,16,20H,1-2H3,(H,23,24)/t10-,11+,14+,16-/m1/s1. The van der Waals surface area contributed by atoms with Gasteiger partial charge >= 0.3 is 5.97 Å². The quantitative estimate of drug-likeness (QED) is 0.613. The van der Waals surface area contributed by atoms with Crippen LogP contribution in [-0.2, 0) is 9.59 Å². The van der Waals surface area contributed by atoms with Crippen LogP contribution in [0.3, 0.4) is 0 Å². The van der Waals surface area contributed by atoms with Gasteiger partial charge in [0.1, 0.15) is 18.1 Å². The monoisotopic (exact) mass is 391 g/mol. The van der Waals surface area contributed by atoms with Crippen LogP contribution < -0.4 is 0 Å². The Hall–Kier alpha value is -1.90. The van der Waals surface area contributed by atoms with Gasteiger partial charge in [0, 0.05) is 10.1 Å². The van der Waals surface area contributed by atoms with E-state index in [-0.39, 0.29) is 0 Å². The van der Waals surface area contributed by atoms with Crippen LogP contribution in [0.25, 0.3) is 10.8 Å². The first kappa shape index (κ1) is 17.5. The van der Waals surface area contributed by atoms with Gasteiger partial charge in [-0.15, -0.1) is 23.1 Å². The molecule has 0 saturated carbocycles. The lowest BCUT2D eigenvalue weighted by molar-refractivity contribution is -0.167. The highest BCUT2D eigenvalue weighted by Gasteiger charge is 2.66. The average molecular weight is 391 g/mol. The van der Waals surface area contributed by atoms with Crippen molar-refractivity contribution in [1.29, 1.82) is 0 Å². The highest BCUT2D eigenvalue weighted by Crippen LogP contribution is 2.54. The molecule has 4 atom stereocenters. The lowest BCUT2D eigenvalue weighted by Crippen LogP contribution is -2.66. The van der Waals surface area contributed by atoms with Gasteiger partial charge < -0.3 is 15.1 Å². The van der Waals surface area contributed by atoms with E-state index in [2.05, 4.69) is 0 Å². The molecule has 0 aliphatic carbocycles. The number of carbonyl (C=O) groups excluding carboxylic acids is 2. The van der Waals surface area contributed by atoms with Crippen LogP contribution in [0.1, 0.15) is 23.5 Å². The Labute approximate surface area is 157 Å². The summed E-state index contributed by atoms with van der Waals surface area (Å²) in [6.07, 6.45) is -1.47. The molecule has 0 bridgehead atoms. The second-order valence-electron chi connectivity index (χ2n) is 7.09. The van der Waals surface area contributed by atoms with Gasteiger partial charge in [-0.25, -0.2) is 4.79 Å². The van der Waals surface area contributed by atoms with E-state index < -0.39 is 45.8 Å². The van der Waals surface area contributed by atoms with E-state index in [0.717, 1.165) is 10.8 Å². The maximum atomic E-state index is 12.8. The van der Waals surface area contributed by atoms with Crippen molar-refractivity contribution in [2.75, 3.05) is 0 Å². The van der Waals surface area contributed by atoms with Gasteiger partial charge in [0.15, 0.2) is 0 Å². The Morgan fingerprint density at radius 3 is 2.65 bits per heavy atom. The van der Waals surface area contributed by atoms with E-state index in [4.69, 9.17) is 0 Å². The number of carbonyl (C=O) groups is 3. The summed E-state index contributed by atoms with van der Waals surface area (Å²) in [5.74, 6) is -2.92. The number of benzene rings is 1. The number of aliphatic hydroxyl groups excluding tert-OH is 1. The Morgan fingerprint density at radius 2 is 1.96 bits per heavy atom. The molecule has 2 saturated heterocycles. The first-order valence-corrected chi connectivity index (χ1v) is 9.91. The third-order valence-electron chi connectivity index (χ3n) is 5.06. The van der Waals surface area contributed by atoms with E-state index in [0.29, 0.717) is 4.88 Å². The van der Waals surface area contributed by atoms with E-state index >= 15 is 0 Å². The second-order valence-corrected chi connectivity index (χ2v) is 9.74. The Kier molecular flexibility index (Phi) is 3.91. The zero-order valence-corrected chi connectivity index (χ0v) is 15.7. The molecule has 0 radical (unpaired) electrons. The van der Waals surface area contributed by atoms with E-state index in [1.807, 2.05) is 29.6 Å². The minimum absolute atomic E-state index is 0.427. The predicted molar refractivity (Wildman–Crippen MR) is 99.4 cm³/mol. The van der Waals surface area contributed by atoms with Crippen molar-refractivity contribution in [3.05, 3.63) is 34.5 Å². The highest BCUT2D eigenvalue weighted by molar-refractivity contribution is 8.01. The number of hydrogen-bond donors (Lipinski definition) is 2. The average Bonchev–Trinajstić information content (AvgIpc) is 3.11. The molecule has 26 heavy (non-hydrogen) atoms. The van der Waals surface area contributed by atoms with Crippen molar-refractivity contribution >= 4 is 51.5 Å². The van der Waals surface area contributed by atoms with E-state index in [1.54, 1.807) is 13.8 Å². The third-order valence-corrected chi connectivity index (χ3v) is 7.68. The van der Waals surface area contributed by atoms with Crippen LogP contribution in [0.2, 0.25) is 0 Å². The number of ketones is 1. The molecule has 1 aromatic heterocycles. The summed E-state index contributed by atoms with van der Waals surface area (Å²) >= 11 is 2.58. The lowest BCUT2D eigenvalue weighted by atomic mass is 9.85. The Bertz CT molecular complexity index is 937. The number of aliphatic carboxylic acids is 1. The maximum Gasteiger partial charge on any atom is 0.327 e. The summed E-state index contributed by atoms with van der Waals surface area (Å²) in [7, 11) is 0. The number of aliphatic hydroxyl groups is 1. The van der Waals surface area contributed by atoms with Crippen molar-refractivity contribution in [3.8, 4) is 0 Å². The number of hydrogen-bond acceptors (Lipinski definition) is 6. The minimum atomic E-state index is -1.47. The lowest BCUT2D eigenvalue weighted by Gasteiger charge is -2.45. The zero-order valence-electron chi connectivity index (χ0n) is 14.1. The van der Waals surface area contributed by atoms with Crippen molar-refractivity contribution < 1.29 is 24.6 Å². The molecular formula is C18H17NO5S2. The van der Waals surface area contributed by atoms with Crippen molar-refractivity contribution in [2.24, 2.45) is 5.92 Å². The fourth-order valence-corrected chi connectivity index (χ4v) is 6.53. The van der Waals surface area contributed by atoms with Gasteiger partial charge in [0.05, 0.1) is 10.3 Å². The summed E-state index contributed by atoms with van der Waals surface area (Å²) in [6, 6.07) is 6.44. The maximum absolute atomic E-state index is 12.8. The van der Waals surface area contributed by atoms with E-state index in [1.165, 1.54) is 28.0 Å². The van der Waals surface area contributed by atoms with Gasteiger partial charge in [-0.05, 0) is 24.6 Å². The normalized spacial score (nSPS) is 27.9. The molecule has 8 heteroatoms. The van der Waals surface area contributed by atoms with Gasteiger partial charge in [-0.1, -0.05) is 24.3 Å². The fourth-order valence-electron chi connectivity index (χ4n) is 3.81. The van der Waals surface area contributed by atoms with Gasteiger partial charge in [0.25, 0.3) is 0 Å². The van der Waals surface area contributed by atoms with Gasteiger partial charge in [0.2, 0.25) is 11.7 Å². The van der Waals surface area contributed by atoms with E-state index in [9.17, 15) is 24.6 Å². The molecule has 3 heterocycles. The molecule has 0 unspecified atom stereocenters. The number of β-lactam (4-membered cyclic amide) rings is 1. The number of carboxylic acids is 1. The molecule has 2 aliphatic rings. The topological polar surface area (TPSA) is 94.9 Å². The first-order valence-electron chi connectivity index (χ1n) is 8.15. The number of thiophene rings is 1. The SMILES string of the molecule is CC1(C)S[C@@H]2[C@H]([C@H](O)C(=O)c3scc4ccccc34)C(=O)N2[C@H]1C(=O)O. The molecule has 1 aromatic carbocycles. The summed E-state index contributed by atoms with van der Waals surface area (Å²) in [4.78, 5) is 38.7. The Balaban J connectivity index is 1.62. The molecule has 2 aromatic rings. The predicted octanol–water partition coefficient (Wildman–Crippen LogP) is 2.21. The zero-order chi connectivity index (χ0) is 18.8. The fraction of sp³-hybridized carbons (Fsp3) is 0.389. The van der Waals surface area contributed by atoms with Gasteiger partial charge in [-0.2, -0.15) is 0 Å². The second kappa shape index (κ2) is 5.80. The first-order chi connectivity index (χ1) is 12.2. The summed E-state index contributed by atoms with van der Waals surface area (Å²) < 4.78 is -0.681. The van der Waals surface area contributed by atoms with Crippen molar-refractivity contribution in [3.63, 3.8) is 0 Å². The number of amides is 1. The van der Waals surface area contributed by atoms with Crippen LogP contribution in [0.15, 0.2) is 29.6 Å². The van der Waals surface area contributed by atoms with Crippen LogP contribution in [-0.4, -0.2) is 55.0 Å². The molecule has 2 aliphatic heterocycles. The smallest absolute Gasteiger partial charge is 0.327 e. The summed E-state index contributed by atoms with van der Waals surface area (Å²) in [5, 5.41) is 23.1. The minimum Gasteiger partial charge on any atom is -0.480 e. The Morgan fingerprint density at radius 1 is 1.27 bits per heavy atom. The highest BCUT2D eigenvalue weighted by atomic mass is 32.2. The molecule has 2 N–H and O–H groups in total. The number of nitrogens with zero attached hydrogens (tertiary/aromatic N) is 1. The summed E-state index contributed by atoms with van der Waals surface area (Å²) in [5.41, 5.74) is 0. The molecule has 136 valence electrons. The van der Waals surface area contributed by atoms with Gasteiger partial charge in [-0.3, -0.25) is 9.59 Å². The largest absolute Gasteiger partial charge is 0.480 e. The number of Topliss-reactive ketones (excluding diaryl/α,β-unsaturated/α-hetero) is 1. The number of thioether (sulfide) groups is 1. The van der Waals surface area contributed by atoms with Crippen molar-refractivity contribution in [1.82, 2.24) is 4.90 Å². The van der Waals surface area contributed by atoms with Crippen molar-refractivity contribution in [2.45, 2.75) is 36.1 Å². The molecular weight excluding hydrogens is 374 g/mol. The molecule has 4 rings (SSSR count). The van der Waals surface area contributed by atoms with Crippen LogP contribution in [0, 0.1) is 5.92 Å². The number of carboxylic acid groups (broad SMARTS) is 1. The van der Waals surface area contributed by atoms with Crippen LogP contribution in [0.4, 0.5) is 0 Å². The number of fused-ring (bicyclic) bond motifs is 2. The number of rotatable bonds is 4. The molecule has 2 fully saturated rings. The van der Waals surface area contributed by atoms with Crippen LogP contribution >= 0.6 is 23.1 Å². The molecule has 1 amide bonds.